The van der Waals surface area contributed by atoms with Gasteiger partial charge in [0, 0.05) is 4.88 Å². The molecule has 98 valence electrons. The number of hydrogen-bond acceptors (Lipinski definition) is 4. The van der Waals surface area contributed by atoms with Crippen LogP contribution >= 0.6 is 11.3 Å². The predicted molar refractivity (Wildman–Crippen MR) is 66.7 cm³/mol. The molecule has 3 N–H and O–H groups in total. The van der Waals surface area contributed by atoms with Crippen LogP contribution in [0.25, 0.3) is 0 Å². The SMILES string of the molecule is CCc1ccc(C(=O)NCC(=O)NCC(=O)O)s1. The highest BCUT2D eigenvalue weighted by molar-refractivity contribution is 7.14. The number of rotatable bonds is 6. The van der Waals surface area contributed by atoms with Crippen LogP contribution in [0.4, 0.5) is 0 Å². The lowest BCUT2D eigenvalue weighted by atomic mass is 10.3. The zero-order valence-electron chi connectivity index (χ0n) is 9.86. The van der Waals surface area contributed by atoms with Gasteiger partial charge in [0.25, 0.3) is 5.91 Å². The van der Waals surface area contributed by atoms with E-state index in [-0.39, 0.29) is 12.5 Å². The maximum absolute atomic E-state index is 11.6. The maximum Gasteiger partial charge on any atom is 0.322 e. The smallest absolute Gasteiger partial charge is 0.322 e. The van der Waals surface area contributed by atoms with E-state index in [0.717, 1.165) is 11.3 Å². The Morgan fingerprint density at radius 1 is 1.22 bits per heavy atom. The standard InChI is InChI=1S/C11H14N2O4S/c1-2-7-3-4-8(18-7)11(17)13-5-9(14)12-6-10(15)16/h3-4H,2,5-6H2,1H3,(H,12,14)(H,13,17)(H,15,16). The minimum Gasteiger partial charge on any atom is -0.480 e. The second-order valence-electron chi connectivity index (χ2n) is 3.47. The van der Waals surface area contributed by atoms with Crippen molar-refractivity contribution in [3.05, 3.63) is 21.9 Å². The fourth-order valence-electron chi connectivity index (χ4n) is 1.17. The number of aliphatic carboxylic acids is 1. The highest BCUT2D eigenvalue weighted by Crippen LogP contribution is 2.16. The number of carbonyl (C=O) groups excluding carboxylic acids is 2. The van der Waals surface area contributed by atoms with Crippen molar-refractivity contribution in [3.63, 3.8) is 0 Å². The van der Waals surface area contributed by atoms with Crippen molar-refractivity contribution < 1.29 is 19.5 Å². The lowest BCUT2D eigenvalue weighted by molar-refractivity contribution is -0.137. The summed E-state index contributed by atoms with van der Waals surface area (Å²) < 4.78 is 0. The van der Waals surface area contributed by atoms with E-state index in [2.05, 4.69) is 10.6 Å². The topological polar surface area (TPSA) is 95.5 Å². The maximum atomic E-state index is 11.6. The van der Waals surface area contributed by atoms with E-state index >= 15 is 0 Å². The number of carbonyl (C=O) groups is 3. The third-order valence-corrected chi connectivity index (χ3v) is 3.31. The van der Waals surface area contributed by atoms with Crippen molar-refractivity contribution in [2.45, 2.75) is 13.3 Å². The van der Waals surface area contributed by atoms with Crippen molar-refractivity contribution in [3.8, 4) is 0 Å². The second kappa shape index (κ2) is 6.75. The quantitative estimate of drug-likeness (QED) is 0.690. The molecule has 1 rings (SSSR count). The summed E-state index contributed by atoms with van der Waals surface area (Å²) >= 11 is 1.37. The van der Waals surface area contributed by atoms with Gasteiger partial charge in [-0.1, -0.05) is 6.92 Å². The van der Waals surface area contributed by atoms with Crippen LogP contribution in [0.15, 0.2) is 12.1 Å². The summed E-state index contributed by atoms with van der Waals surface area (Å²) in [5.41, 5.74) is 0. The molecule has 0 bridgehead atoms. The Morgan fingerprint density at radius 3 is 2.50 bits per heavy atom. The molecule has 0 fully saturated rings. The zero-order chi connectivity index (χ0) is 13.5. The van der Waals surface area contributed by atoms with Crippen molar-refractivity contribution in [2.24, 2.45) is 0 Å². The molecular formula is C11H14N2O4S. The van der Waals surface area contributed by atoms with Crippen molar-refractivity contribution in [1.82, 2.24) is 10.6 Å². The first-order valence-electron chi connectivity index (χ1n) is 5.38. The molecule has 0 spiro atoms. The molecule has 18 heavy (non-hydrogen) atoms. The molecule has 0 aliphatic heterocycles. The summed E-state index contributed by atoms with van der Waals surface area (Å²) in [6.07, 6.45) is 0.858. The third kappa shape index (κ3) is 4.54. The highest BCUT2D eigenvalue weighted by Gasteiger charge is 2.10. The van der Waals surface area contributed by atoms with Crippen LogP contribution in [0, 0.1) is 0 Å². The van der Waals surface area contributed by atoms with Gasteiger partial charge in [-0.2, -0.15) is 0 Å². The van der Waals surface area contributed by atoms with Crippen LogP contribution in [0.1, 0.15) is 21.5 Å². The average molecular weight is 270 g/mol. The first-order valence-corrected chi connectivity index (χ1v) is 6.20. The van der Waals surface area contributed by atoms with Crippen LogP contribution in [0.5, 0.6) is 0 Å². The molecule has 0 aromatic carbocycles. The number of carboxylic acids is 1. The fourth-order valence-corrected chi connectivity index (χ4v) is 2.04. The number of carboxylic acid groups (broad SMARTS) is 1. The number of thiophene rings is 1. The summed E-state index contributed by atoms with van der Waals surface area (Å²) in [6.45, 7) is 1.31. The molecule has 0 radical (unpaired) electrons. The van der Waals surface area contributed by atoms with Gasteiger partial charge in [-0.25, -0.2) is 0 Å². The predicted octanol–water partition coefficient (Wildman–Crippen LogP) is 0.241. The summed E-state index contributed by atoms with van der Waals surface area (Å²) in [7, 11) is 0. The number of hydrogen-bond donors (Lipinski definition) is 3. The normalized spacial score (nSPS) is 9.83. The minimum absolute atomic E-state index is 0.231. The Kier molecular flexibility index (Phi) is 5.31. The van der Waals surface area contributed by atoms with Gasteiger partial charge in [-0.15, -0.1) is 11.3 Å². The molecule has 0 saturated carbocycles. The lowest BCUT2D eigenvalue weighted by Gasteiger charge is -2.03. The van der Waals surface area contributed by atoms with Gasteiger partial charge in [0.1, 0.15) is 6.54 Å². The molecule has 0 atom stereocenters. The van der Waals surface area contributed by atoms with E-state index in [4.69, 9.17) is 5.11 Å². The van der Waals surface area contributed by atoms with E-state index in [1.165, 1.54) is 11.3 Å². The Hall–Kier alpha value is -1.89. The summed E-state index contributed by atoms with van der Waals surface area (Å²) in [5, 5.41) is 12.9. The van der Waals surface area contributed by atoms with Crippen molar-refractivity contribution >= 4 is 29.1 Å². The average Bonchev–Trinajstić information content (AvgIpc) is 2.82. The molecule has 7 heteroatoms. The molecule has 1 aromatic rings. The summed E-state index contributed by atoms with van der Waals surface area (Å²) in [5.74, 6) is -1.98. The molecule has 0 aliphatic rings. The Morgan fingerprint density at radius 2 is 1.94 bits per heavy atom. The Balaban J connectivity index is 2.36. The second-order valence-corrected chi connectivity index (χ2v) is 4.64. The number of amides is 2. The van der Waals surface area contributed by atoms with Crippen molar-refractivity contribution in [2.75, 3.05) is 13.1 Å². The minimum atomic E-state index is -1.12. The van der Waals surface area contributed by atoms with E-state index < -0.39 is 18.4 Å². The van der Waals surface area contributed by atoms with Gasteiger partial charge < -0.3 is 15.7 Å². The van der Waals surface area contributed by atoms with Gasteiger partial charge >= 0.3 is 5.97 Å². The van der Waals surface area contributed by atoms with Crippen LogP contribution in [0.3, 0.4) is 0 Å². The van der Waals surface area contributed by atoms with E-state index in [9.17, 15) is 14.4 Å². The van der Waals surface area contributed by atoms with Crippen molar-refractivity contribution in [1.29, 1.82) is 0 Å². The van der Waals surface area contributed by atoms with E-state index in [1.807, 2.05) is 13.0 Å². The largest absolute Gasteiger partial charge is 0.480 e. The monoisotopic (exact) mass is 270 g/mol. The Labute approximate surface area is 108 Å². The van der Waals surface area contributed by atoms with Crippen LogP contribution in [-0.2, 0) is 16.0 Å². The number of nitrogens with one attached hydrogen (secondary N) is 2. The van der Waals surface area contributed by atoms with E-state index in [0.29, 0.717) is 4.88 Å². The van der Waals surface area contributed by atoms with Crippen LogP contribution in [0.2, 0.25) is 0 Å². The fraction of sp³-hybridized carbons (Fsp3) is 0.364. The number of aryl methyl sites for hydroxylation is 1. The molecule has 6 nitrogen and oxygen atoms in total. The molecule has 0 saturated heterocycles. The van der Waals surface area contributed by atoms with Gasteiger partial charge in [0.2, 0.25) is 5.91 Å². The molecule has 1 aromatic heterocycles. The molecular weight excluding hydrogens is 256 g/mol. The van der Waals surface area contributed by atoms with Gasteiger partial charge in [-0.05, 0) is 18.6 Å². The van der Waals surface area contributed by atoms with Gasteiger partial charge in [-0.3, -0.25) is 14.4 Å². The van der Waals surface area contributed by atoms with Gasteiger partial charge in [0.05, 0.1) is 11.4 Å². The first-order chi connectivity index (χ1) is 8.52. The first kappa shape index (κ1) is 14.2. The molecule has 2 amide bonds. The summed E-state index contributed by atoms with van der Waals surface area (Å²) in [4.78, 5) is 34.6. The van der Waals surface area contributed by atoms with Crippen LogP contribution < -0.4 is 10.6 Å². The third-order valence-electron chi connectivity index (χ3n) is 2.08. The highest BCUT2D eigenvalue weighted by atomic mass is 32.1. The Bertz CT molecular complexity index is 456. The molecule has 0 unspecified atom stereocenters. The van der Waals surface area contributed by atoms with Gasteiger partial charge in [0.15, 0.2) is 0 Å². The molecule has 0 aliphatic carbocycles. The lowest BCUT2D eigenvalue weighted by Crippen LogP contribution is -2.38. The van der Waals surface area contributed by atoms with E-state index in [1.54, 1.807) is 6.07 Å². The zero-order valence-corrected chi connectivity index (χ0v) is 10.7. The molecule has 1 heterocycles. The summed E-state index contributed by atoms with van der Waals surface area (Å²) in [6, 6.07) is 3.57. The van der Waals surface area contributed by atoms with Crippen LogP contribution in [-0.4, -0.2) is 36.0 Å².